The fourth-order valence-corrected chi connectivity index (χ4v) is 7.78. The fraction of sp³-hybridized carbons (Fsp3) is 0.472. The van der Waals surface area contributed by atoms with Crippen LogP contribution in [-0.4, -0.2) is 52.6 Å². The van der Waals surface area contributed by atoms with Crippen molar-refractivity contribution in [1.82, 2.24) is 10.3 Å². The SMILES string of the molecule is CC(=O)O[C@H]1CCC(=O)[C@@]23C(=O)N[C@@H](Cc4c[nH]c5ccccc45)[C@@H]2C(C)=C(C)[C@@H](OC(C)=O)[C@@H]3/C=C/C[C@H](C)/C=C(\C)C1=O. The minimum atomic E-state index is -1.61. The molecule has 238 valence electrons. The number of aromatic amines is 1. The molecule has 9 nitrogen and oxygen atoms in total. The molecule has 1 saturated heterocycles. The number of hydrogen-bond acceptors (Lipinski definition) is 7. The van der Waals surface area contributed by atoms with Crippen LogP contribution < -0.4 is 5.32 Å². The lowest BCUT2D eigenvalue weighted by atomic mass is 9.54. The van der Waals surface area contributed by atoms with Gasteiger partial charge in [0.1, 0.15) is 17.3 Å². The van der Waals surface area contributed by atoms with Gasteiger partial charge < -0.3 is 19.8 Å². The van der Waals surface area contributed by atoms with E-state index in [0.29, 0.717) is 18.4 Å². The first-order valence-electron chi connectivity index (χ1n) is 15.7. The first-order chi connectivity index (χ1) is 21.4. The summed E-state index contributed by atoms with van der Waals surface area (Å²) in [5.74, 6) is -3.67. The smallest absolute Gasteiger partial charge is 0.303 e. The van der Waals surface area contributed by atoms with Crippen LogP contribution in [0.1, 0.15) is 66.4 Å². The highest BCUT2D eigenvalue weighted by Crippen LogP contribution is 2.56. The Hall–Kier alpha value is -4.27. The van der Waals surface area contributed by atoms with Gasteiger partial charge in [0.25, 0.3) is 0 Å². The normalized spacial score (nSPS) is 32.7. The van der Waals surface area contributed by atoms with Crippen LogP contribution in [0.3, 0.4) is 0 Å². The number of hydrogen-bond donors (Lipinski definition) is 2. The van der Waals surface area contributed by atoms with Gasteiger partial charge >= 0.3 is 11.9 Å². The van der Waals surface area contributed by atoms with Crippen molar-refractivity contribution in [2.75, 3.05) is 0 Å². The maximum atomic E-state index is 14.8. The minimum Gasteiger partial charge on any atom is -0.457 e. The van der Waals surface area contributed by atoms with Crippen LogP contribution in [0.25, 0.3) is 10.9 Å². The molecule has 9 heteroatoms. The van der Waals surface area contributed by atoms with E-state index in [9.17, 15) is 24.0 Å². The van der Waals surface area contributed by atoms with Gasteiger partial charge in [-0.2, -0.15) is 0 Å². The van der Waals surface area contributed by atoms with Gasteiger partial charge in [0, 0.05) is 55.2 Å². The molecule has 1 aromatic heterocycles. The van der Waals surface area contributed by atoms with E-state index in [2.05, 4.69) is 10.3 Å². The summed E-state index contributed by atoms with van der Waals surface area (Å²) in [5.41, 5.74) is 2.47. The number of fused-ring (bicyclic) bond motifs is 1. The molecule has 5 rings (SSSR count). The van der Waals surface area contributed by atoms with Gasteiger partial charge in [0.2, 0.25) is 5.91 Å². The summed E-state index contributed by atoms with van der Waals surface area (Å²) in [7, 11) is 0. The van der Waals surface area contributed by atoms with E-state index in [0.717, 1.165) is 27.6 Å². The fourth-order valence-electron chi connectivity index (χ4n) is 7.78. The summed E-state index contributed by atoms with van der Waals surface area (Å²) in [6.45, 7) is 10.0. The van der Waals surface area contributed by atoms with Crippen LogP contribution in [0.5, 0.6) is 0 Å². The molecule has 1 fully saturated rings. The summed E-state index contributed by atoms with van der Waals surface area (Å²) in [5, 5.41) is 4.23. The third-order valence-electron chi connectivity index (χ3n) is 9.83. The quantitative estimate of drug-likeness (QED) is 0.278. The van der Waals surface area contributed by atoms with E-state index >= 15 is 0 Å². The Morgan fingerprint density at radius 3 is 2.42 bits per heavy atom. The summed E-state index contributed by atoms with van der Waals surface area (Å²) in [6.07, 6.45) is 6.31. The van der Waals surface area contributed by atoms with Gasteiger partial charge in [-0.05, 0) is 68.7 Å². The van der Waals surface area contributed by atoms with Crippen LogP contribution in [0, 0.1) is 23.2 Å². The highest BCUT2D eigenvalue weighted by atomic mass is 16.5. The van der Waals surface area contributed by atoms with Crippen molar-refractivity contribution in [1.29, 1.82) is 0 Å². The second-order valence-corrected chi connectivity index (χ2v) is 12.8. The number of amides is 1. The molecule has 0 saturated carbocycles. The third-order valence-corrected chi connectivity index (χ3v) is 9.83. The number of benzene rings is 1. The molecular weight excluding hydrogens is 572 g/mol. The van der Waals surface area contributed by atoms with E-state index in [1.807, 2.05) is 69.5 Å². The lowest BCUT2D eigenvalue weighted by Crippen LogP contribution is -2.56. The van der Waals surface area contributed by atoms with Gasteiger partial charge in [-0.1, -0.05) is 48.9 Å². The van der Waals surface area contributed by atoms with Crippen LogP contribution in [-0.2, 0) is 39.9 Å². The third kappa shape index (κ3) is 5.80. The average molecular weight is 615 g/mol. The molecule has 45 heavy (non-hydrogen) atoms. The molecule has 1 aromatic carbocycles. The average Bonchev–Trinajstić information content (AvgIpc) is 3.52. The van der Waals surface area contributed by atoms with Crippen LogP contribution in [0.15, 0.2) is 65.4 Å². The predicted molar refractivity (Wildman–Crippen MR) is 169 cm³/mol. The second-order valence-electron chi connectivity index (χ2n) is 12.8. The first-order valence-corrected chi connectivity index (χ1v) is 15.7. The van der Waals surface area contributed by atoms with E-state index < -0.39 is 53.3 Å². The molecule has 0 unspecified atom stereocenters. The number of nitrogens with one attached hydrogen (secondary N) is 2. The van der Waals surface area contributed by atoms with E-state index in [4.69, 9.17) is 9.47 Å². The molecule has 0 bridgehead atoms. The number of para-hydroxylation sites is 1. The lowest BCUT2D eigenvalue weighted by Gasteiger charge is -2.47. The number of carbonyl (C=O) groups is 5. The van der Waals surface area contributed by atoms with Crippen molar-refractivity contribution in [2.45, 2.75) is 85.5 Å². The maximum Gasteiger partial charge on any atom is 0.303 e. The van der Waals surface area contributed by atoms with Crippen molar-refractivity contribution in [2.24, 2.45) is 23.2 Å². The molecule has 2 N–H and O–H groups in total. The van der Waals surface area contributed by atoms with Crippen molar-refractivity contribution in [3.8, 4) is 0 Å². The summed E-state index contributed by atoms with van der Waals surface area (Å²) in [4.78, 5) is 70.4. The Labute approximate surface area is 263 Å². The van der Waals surface area contributed by atoms with Crippen LogP contribution in [0.4, 0.5) is 0 Å². The van der Waals surface area contributed by atoms with Gasteiger partial charge in [0.15, 0.2) is 11.9 Å². The number of aromatic nitrogens is 1. The number of esters is 2. The standard InChI is InChI=1S/C36H42N2O7/c1-19-10-9-12-27-34(45-24(6)40)22(4)21(3)32-29(17-25-18-37-28-13-8-7-11-26(25)28)38-35(43)36(27,32)31(41)15-14-30(44-23(5)39)33(42)20(2)16-19/h7-9,11-13,16,18-19,27,29-30,32,34,37H,10,14-15,17H2,1-6H3,(H,38,43)/b12-9+,20-16+/t19-,27-,29-,30-,32-,34+,36+/m0/s1. The second kappa shape index (κ2) is 12.6. The van der Waals surface area contributed by atoms with Gasteiger partial charge in [-0.15, -0.1) is 0 Å². The van der Waals surface area contributed by atoms with Gasteiger partial charge in [-0.25, -0.2) is 0 Å². The van der Waals surface area contributed by atoms with E-state index in [-0.39, 0.29) is 30.3 Å². The first kappa shape index (κ1) is 32.1. The van der Waals surface area contributed by atoms with E-state index in [1.54, 1.807) is 6.92 Å². The highest BCUT2D eigenvalue weighted by Gasteiger charge is 2.67. The van der Waals surface area contributed by atoms with Gasteiger partial charge in [-0.3, -0.25) is 24.0 Å². The maximum absolute atomic E-state index is 14.8. The summed E-state index contributed by atoms with van der Waals surface area (Å²) < 4.78 is 11.3. The van der Waals surface area contributed by atoms with Crippen LogP contribution in [0.2, 0.25) is 0 Å². The van der Waals surface area contributed by atoms with Crippen molar-refractivity contribution >= 4 is 40.3 Å². The summed E-state index contributed by atoms with van der Waals surface area (Å²) in [6, 6.07) is 7.51. The Kier molecular flexibility index (Phi) is 9.01. The number of ether oxygens (including phenoxy) is 2. The largest absolute Gasteiger partial charge is 0.457 e. The summed E-state index contributed by atoms with van der Waals surface area (Å²) >= 11 is 0. The highest BCUT2D eigenvalue weighted by molar-refractivity contribution is 6.10. The molecule has 0 radical (unpaired) electrons. The van der Waals surface area contributed by atoms with Crippen molar-refractivity contribution in [3.05, 3.63) is 71.0 Å². The predicted octanol–water partition coefficient (Wildman–Crippen LogP) is 5.10. The number of rotatable bonds is 4. The van der Waals surface area contributed by atoms with E-state index in [1.165, 1.54) is 13.8 Å². The molecule has 2 aliphatic carbocycles. The molecular formula is C36H42N2O7. The molecule has 1 aliphatic heterocycles. The number of allylic oxidation sites excluding steroid dienone is 2. The zero-order chi connectivity index (χ0) is 32.6. The molecule has 2 heterocycles. The zero-order valence-corrected chi connectivity index (χ0v) is 26.8. The Morgan fingerprint density at radius 2 is 1.71 bits per heavy atom. The number of Topliss-reactive ketones (excluding diaryl/α,β-unsaturated/α-hetero) is 2. The molecule has 1 spiro atoms. The number of H-pyrrole nitrogens is 1. The zero-order valence-electron chi connectivity index (χ0n) is 26.8. The lowest BCUT2D eigenvalue weighted by molar-refractivity contribution is -0.159. The minimum absolute atomic E-state index is 0.0625. The number of carbonyl (C=O) groups excluding carboxylic acids is 5. The van der Waals surface area contributed by atoms with Crippen LogP contribution >= 0.6 is 0 Å². The van der Waals surface area contributed by atoms with Crippen molar-refractivity contribution < 1.29 is 33.4 Å². The Morgan fingerprint density at radius 1 is 1.00 bits per heavy atom. The molecule has 2 aromatic rings. The monoisotopic (exact) mass is 614 g/mol. The topological polar surface area (TPSA) is 132 Å². The Bertz CT molecular complexity index is 1650. The molecule has 7 atom stereocenters. The van der Waals surface area contributed by atoms with Crippen molar-refractivity contribution in [3.63, 3.8) is 0 Å². The molecule has 1 amide bonds. The number of ketones is 2. The molecule has 3 aliphatic rings. The Balaban J connectivity index is 1.66. The van der Waals surface area contributed by atoms with Gasteiger partial charge in [0.05, 0.1) is 0 Å².